The van der Waals surface area contributed by atoms with Crippen LogP contribution in [0.5, 0.6) is 0 Å². The quantitative estimate of drug-likeness (QED) is 0.628. The Labute approximate surface area is 191 Å². The fourth-order valence-electron chi connectivity index (χ4n) is 4.17. The molecule has 3 rings (SSSR count). The summed E-state index contributed by atoms with van der Waals surface area (Å²) in [6.07, 6.45) is 6.22. The van der Waals surface area contributed by atoms with E-state index in [9.17, 15) is 13.2 Å². The molecule has 1 saturated carbocycles. The van der Waals surface area contributed by atoms with E-state index in [0.29, 0.717) is 11.6 Å². The van der Waals surface area contributed by atoms with Gasteiger partial charge in [0.2, 0.25) is 0 Å². The molecule has 1 aromatic heterocycles. The molecule has 1 aromatic carbocycles. The van der Waals surface area contributed by atoms with Crippen molar-refractivity contribution in [3.05, 3.63) is 30.0 Å². The van der Waals surface area contributed by atoms with E-state index in [2.05, 4.69) is 10.0 Å². The van der Waals surface area contributed by atoms with Crippen molar-refractivity contribution in [2.75, 3.05) is 20.6 Å². The zero-order chi connectivity index (χ0) is 23.5. The third kappa shape index (κ3) is 5.88. The zero-order valence-corrected chi connectivity index (χ0v) is 20.7. The first-order valence-electron chi connectivity index (χ1n) is 11.4. The second-order valence-electron chi connectivity index (χ2n) is 10.1. The lowest BCUT2D eigenvalue weighted by molar-refractivity contribution is 0.0898. The minimum atomic E-state index is -3.59. The second kappa shape index (κ2) is 9.89. The summed E-state index contributed by atoms with van der Waals surface area (Å²) < 4.78 is 30.0. The van der Waals surface area contributed by atoms with Gasteiger partial charge in [-0.2, -0.15) is 17.8 Å². The van der Waals surface area contributed by atoms with E-state index in [1.165, 1.54) is 46.2 Å². The molecule has 0 unspecified atom stereocenters. The molecule has 0 bridgehead atoms. The number of rotatable bonds is 8. The first-order chi connectivity index (χ1) is 15.0. The van der Waals surface area contributed by atoms with Gasteiger partial charge in [-0.1, -0.05) is 58.2 Å². The molecular formula is C23H37N5O3S. The van der Waals surface area contributed by atoms with Gasteiger partial charge in [-0.15, -0.1) is 0 Å². The largest absolute Gasteiger partial charge is 0.346 e. The minimum absolute atomic E-state index is 0.0937. The Balaban J connectivity index is 1.82. The number of hydrogen-bond acceptors (Lipinski definition) is 4. The number of nitrogens with zero attached hydrogens (tertiary/aromatic N) is 3. The van der Waals surface area contributed by atoms with Crippen LogP contribution in [0.15, 0.2) is 24.3 Å². The standard InChI is InChI=1S/C23H37N5O3S/c1-23(2,3)20(15-24-32(30,31)27(4)5)25-22(29)21-18-13-9-10-14-19(18)28(26-21)16-17-11-7-6-8-12-17/h9-10,13-14,17,20,24H,6-8,11-12,15-16H2,1-5H3,(H,25,29)/t20-/m1/s1. The number of amides is 1. The van der Waals surface area contributed by atoms with Gasteiger partial charge >= 0.3 is 0 Å². The van der Waals surface area contributed by atoms with Crippen LogP contribution in [0.3, 0.4) is 0 Å². The number of carbonyl (C=O) groups is 1. The monoisotopic (exact) mass is 463 g/mol. The van der Waals surface area contributed by atoms with E-state index < -0.39 is 16.3 Å². The summed E-state index contributed by atoms with van der Waals surface area (Å²) in [5.74, 6) is 0.304. The van der Waals surface area contributed by atoms with E-state index in [1.54, 1.807) is 0 Å². The fourth-order valence-corrected chi connectivity index (χ4v) is 4.80. The summed E-state index contributed by atoms with van der Waals surface area (Å²) in [5, 5.41) is 8.57. The lowest BCUT2D eigenvalue weighted by atomic mass is 9.86. The molecule has 1 aliphatic carbocycles. The van der Waals surface area contributed by atoms with Crippen molar-refractivity contribution in [1.82, 2.24) is 24.1 Å². The molecule has 1 atom stereocenters. The Morgan fingerprint density at radius 3 is 2.47 bits per heavy atom. The zero-order valence-electron chi connectivity index (χ0n) is 19.9. The molecule has 32 heavy (non-hydrogen) atoms. The first-order valence-corrected chi connectivity index (χ1v) is 12.9. The van der Waals surface area contributed by atoms with Gasteiger partial charge in [-0.25, -0.2) is 4.72 Å². The van der Waals surface area contributed by atoms with Gasteiger partial charge in [-0.3, -0.25) is 9.48 Å². The van der Waals surface area contributed by atoms with Gasteiger partial charge in [0.15, 0.2) is 5.69 Å². The van der Waals surface area contributed by atoms with E-state index in [4.69, 9.17) is 5.10 Å². The summed E-state index contributed by atoms with van der Waals surface area (Å²) in [7, 11) is -0.648. The number of para-hydroxylation sites is 1. The van der Waals surface area contributed by atoms with Crippen molar-refractivity contribution < 1.29 is 13.2 Å². The third-order valence-electron chi connectivity index (χ3n) is 6.33. The Kier molecular flexibility index (Phi) is 7.62. The fraction of sp³-hybridized carbons (Fsp3) is 0.652. The maximum atomic E-state index is 13.3. The summed E-state index contributed by atoms with van der Waals surface area (Å²) in [6.45, 7) is 6.83. The van der Waals surface area contributed by atoms with Crippen LogP contribution in [0.2, 0.25) is 0 Å². The van der Waals surface area contributed by atoms with Gasteiger partial charge in [0, 0.05) is 38.6 Å². The number of aromatic nitrogens is 2. The van der Waals surface area contributed by atoms with Gasteiger partial charge in [0.1, 0.15) is 0 Å². The smallest absolute Gasteiger partial charge is 0.279 e. The molecule has 2 aromatic rings. The molecular weight excluding hydrogens is 426 g/mol. The molecule has 0 spiro atoms. The van der Waals surface area contributed by atoms with Crippen molar-refractivity contribution in [3.63, 3.8) is 0 Å². The van der Waals surface area contributed by atoms with Crippen molar-refractivity contribution in [3.8, 4) is 0 Å². The van der Waals surface area contributed by atoms with E-state index >= 15 is 0 Å². The lowest BCUT2D eigenvalue weighted by Gasteiger charge is -2.31. The van der Waals surface area contributed by atoms with Crippen molar-refractivity contribution in [2.24, 2.45) is 11.3 Å². The number of fused-ring (bicyclic) bond motifs is 1. The highest BCUT2D eigenvalue weighted by Crippen LogP contribution is 2.27. The van der Waals surface area contributed by atoms with Crippen molar-refractivity contribution in [2.45, 2.75) is 65.5 Å². The molecule has 178 valence electrons. The summed E-state index contributed by atoms with van der Waals surface area (Å²) in [4.78, 5) is 13.3. The van der Waals surface area contributed by atoms with Crippen LogP contribution >= 0.6 is 0 Å². The SMILES string of the molecule is CN(C)S(=O)(=O)NC[C@@H](NC(=O)c1nn(CC2CCCCC2)c2ccccc12)C(C)(C)C. The Morgan fingerprint density at radius 2 is 1.84 bits per heavy atom. The predicted molar refractivity (Wildman–Crippen MR) is 128 cm³/mol. The average Bonchev–Trinajstić information content (AvgIpc) is 3.09. The van der Waals surface area contributed by atoms with Crippen molar-refractivity contribution in [1.29, 1.82) is 0 Å². The highest BCUT2D eigenvalue weighted by molar-refractivity contribution is 7.87. The molecule has 1 aliphatic rings. The first kappa shape index (κ1) is 24.7. The van der Waals surface area contributed by atoms with E-state index in [1.807, 2.05) is 49.7 Å². The van der Waals surface area contributed by atoms with Crippen LogP contribution in [0.4, 0.5) is 0 Å². The van der Waals surface area contributed by atoms with Crippen LogP contribution in [-0.2, 0) is 16.8 Å². The third-order valence-corrected chi connectivity index (χ3v) is 7.82. The Hall–Kier alpha value is -1.97. The second-order valence-corrected chi connectivity index (χ2v) is 12.0. The number of hydrogen-bond donors (Lipinski definition) is 2. The topological polar surface area (TPSA) is 96.3 Å². The molecule has 2 N–H and O–H groups in total. The Bertz CT molecular complexity index is 1030. The molecule has 1 fully saturated rings. The average molecular weight is 464 g/mol. The molecule has 0 aliphatic heterocycles. The molecule has 8 nitrogen and oxygen atoms in total. The number of benzene rings is 1. The summed E-state index contributed by atoms with van der Waals surface area (Å²) in [5.41, 5.74) is 0.996. The summed E-state index contributed by atoms with van der Waals surface area (Å²) >= 11 is 0. The number of nitrogens with one attached hydrogen (secondary N) is 2. The normalized spacial score (nSPS) is 17.1. The van der Waals surface area contributed by atoms with Crippen LogP contribution in [0.25, 0.3) is 10.9 Å². The molecule has 0 radical (unpaired) electrons. The van der Waals surface area contributed by atoms with Gasteiger partial charge in [0.05, 0.1) is 5.52 Å². The maximum absolute atomic E-state index is 13.3. The van der Waals surface area contributed by atoms with Gasteiger partial charge in [-0.05, 0) is 30.2 Å². The van der Waals surface area contributed by atoms with Gasteiger partial charge < -0.3 is 5.32 Å². The van der Waals surface area contributed by atoms with E-state index in [-0.39, 0.29) is 17.9 Å². The van der Waals surface area contributed by atoms with Crippen LogP contribution in [0.1, 0.15) is 63.4 Å². The highest BCUT2D eigenvalue weighted by atomic mass is 32.2. The summed E-state index contributed by atoms with van der Waals surface area (Å²) in [6, 6.07) is 7.41. The van der Waals surface area contributed by atoms with Gasteiger partial charge in [0.25, 0.3) is 16.1 Å². The van der Waals surface area contributed by atoms with Crippen molar-refractivity contribution >= 4 is 27.0 Å². The predicted octanol–water partition coefficient (Wildman–Crippen LogP) is 3.16. The van der Waals surface area contributed by atoms with Crippen LogP contribution in [-0.4, -0.2) is 55.1 Å². The van der Waals surface area contributed by atoms with Crippen LogP contribution < -0.4 is 10.0 Å². The molecule has 9 heteroatoms. The molecule has 1 heterocycles. The lowest BCUT2D eigenvalue weighted by Crippen LogP contribution is -2.52. The number of carbonyl (C=O) groups excluding carboxylic acids is 1. The minimum Gasteiger partial charge on any atom is -0.346 e. The van der Waals surface area contributed by atoms with Crippen LogP contribution in [0, 0.1) is 11.3 Å². The Morgan fingerprint density at radius 1 is 1.19 bits per heavy atom. The van der Waals surface area contributed by atoms with E-state index in [0.717, 1.165) is 21.8 Å². The maximum Gasteiger partial charge on any atom is 0.279 e. The highest BCUT2D eigenvalue weighted by Gasteiger charge is 2.30. The molecule has 1 amide bonds. The molecule has 0 saturated heterocycles.